The molecule has 8 nitrogen and oxygen atoms in total. The van der Waals surface area contributed by atoms with E-state index in [2.05, 4.69) is 0 Å². The fourth-order valence-electron chi connectivity index (χ4n) is 3.91. The van der Waals surface area contributed by atoms with Gasteiger partial charge < -0.3 is 39.0 Å². The number of ether oxygens (including phenoxy) is 5. The van der Waals surface area contributed by atoms with E-state index in [0.29, 0.717) is 37.2 Å². The fraction of sp³-hybridized carbons (Fsp3) is 0.478. The van der Waals surface area contributed by atoms with Crippen LogP contribution in [0, 0.1) is 0 Å². The lowest BCUT2D eigenvalue weighted by atomic mass is 9.93. The molecule has 1 aliphatic heterocycles. The second-order valence-corrected chi connectivity index (χ2v) is 7.53. The van der Waals surface area contributed by atoms with Crippen LogP contribution >= 0.6 is 0 Å². The average molecular weight is 434 g/mol. The molecule has 0 aromatic heterocycles. The number of hydrogen-bond acceptors (Lipinski definition) is 8. The summed E-state index contributed by atoms with van der Waals surface area (Å²) in [5.41, 5.74) is 1.70. The maximum absolute atomic E-state index is 10.5. The molecule has 1 aliphatic rings. The highest BCUT2D eigenvalue weighted by molar-refractivity contribution is 5.54. The predicted octanol–water partition coefficient (Wildman–Crippen LogP) is 3.35. The van der Waals surface area contributed by atoms with E-state index in [1.807, 2.05) is 0 Å². The first-order chi connectivity index (χ1) is 14.9. The highest BCUT2D eigenvalue weighted by atomic mass is 16.5. The van der Waals surface area contributed by atoms with Crippen LogP contribution in [-0.2, 0) is 11.2 Å². The third-order valence-electron chi connectivity index (χ3n) is 5.55. The SMILES string of the molecule is COc1cc(CC[C@H]2C[C@@H](O)C[C@@H](c3cc(OC)c(O)c(OC)c3)O2)cc(OC)c1O. The summed E-state index contributed by atoms with van der Waals surface area (Å²) in [6.45, 7) is 0. The highest BCUT2D eigenvalue weighted by Crippen LogP contribution is 2.42. The molecule has 1 heterocycles. The van der Waals surface area contributed by atoms with Gasteiger partial charge in [-0.2, -0.15) is 0 Å². The molecule has 8 heteroatoms. The van der Waals surface area contributed by atoms with Crippen LogP contribution in [0.4, 0.5) is 0 Å². The van der Waals surface area contributed by atoms with Gasteiger partial charge in [0.05, 0.1) is 46.8 Å². The summed E-state index contributed by atoms with van der Waals surface area (Å²) in [6, 6.07) is 6.94. The molecule has 170 valence electrons. The monoisotopic (exact) mass is 434 g/mol. The Morgan fingerprint density at radius 2 is 1.29 bits per heavy atom. The second-order valence-electron chi connectivity index (χ2n) is 7.53. The van der Waals surface area contributed by atoms with Crippen molar-refractivity contribution in [1.82, 2.24) is 0 Å². The molecule has 0 spiro atoms. The Kier molecular flexibility index (Phi) is 7.35. The van der Waals surface area contributed by atoms with Crippen molar-refractivity contribution in [3.63, 3.8) is 0 Å². The van der Waals surface area contributed by atoms with Crippen molar-refractivity contribution in [2.24, 2.45) is 0 Å². The van der Waals surface area contributed by atoms with Crippen LogP contribution in [0.1, 0.15) is 36.5 Å². The number of aliphatic hydroxyl groups is 1. The van der Waals surface area contributed by atoms with Crippen LogP contribution in [0.15, 0.2) is 24.3 Å². The summed E-state index contributed by atoms with van der Waals surface area (Å²) >= 11 is 0. The van der Waals surface area contributed by atoms with Gasteiger partial charge in [-0.05, 0) is 54.7 Å². The molecule has 0 unspecified atom stereocenters. The van der Waals surface area contributed by atoms with Crippen molar-refractivity contribution < 1.29 is 39.0 Å². The van der Waals surface area contributed by atoms with E-state index in [0.717, 1.165) is 11.1 Å². The lowest BCUT2D eigenvalue weighted by Gasteiger charge is -2.34. The standard InChI is InChI=1S/C23H30O8/c1-27-18-7-13(8-19(28-2)22(18)25)5-6-16-11-15(24)12-17(31-16)14-9-20(29-3)23(26)21(10-14)30-4/h7-10,15-17,24-26H,5-6,11-12H2,1-4H3/t15-,16+,17+/m1/s1. The molecule has 0 aliphatic carbocycles. The number of rotatable bonds is 8. The third-order valence-corrected chi connectivity index (χ3v) is 5.55. The van der Waals surface area contributed by atoms with Crippen LogP contribution in [0.3, 0.4) is 0 Å². The maximum atomic E-state index is 10.5. The van der Waals surface area contributed by atoms with E-state index in [9.17, 15) is 15.3 Å². The van der Waals surface area contributed by atoms with Gasteiger partial charge in [-0.25, -0.2) is 0 Å². The number of aliphatic hydroxyl groups excluding tert-OH is 1. The summed E-state index contributed by atoms with van der Waals surface area (Å²) in [5.74, 6) is 1.17. The number of benzene rings is 2. The van der Waals surface area contributed by atoms with Gasteiger partial charge in [0.1, 0.15) is 0 Å². The maximum Gasteiger partial charge on any atom is 0.200 e. The minimum absolute atomic E-state index is 0.0339. The summed E-state index contributed by atoms with van der Waals surface area (Å²) in [6.07, 6.45) is 1.23. The number of aromatic hydroxyl groups is 2. The first kappa shape index (κ1) is 22.8. The zero-order chi connectivity index (χ0) is 22.5. The van der Waals surface area contributed by atoms with Gasteiger partial charge in [0.15, 0.2) is 23.0 Å². The van der Waals surface area contributed by atoms with Crippen molar-refractivity contribution in [3.05, 3.63) is 35.4 Å². The molecule has 0 bridgehead atoms. The predicted molar refractivity (Wildman–Crippen MR) is 114 cm³/mol. The fourth-order valence-corrected chi connectivity index (χ4v) is 3.91. The van der Waals surface area contributed by atoms with E-state index in [1.54, 1.807) is 24.3 Å². The summed E-state index contributed by atoms with van der Waals surface area (Å²) < 4.78 is 27.2. The van der Waals surface area contributed by atoms with Crippen molar-refractivity contribution in [3.8, 4) is 34.5 Å². The number of phenols is 2. The van der Waals surface area contributed by atoms with E-state index in [-0.39, 0.29) is 35.2 Å². The zero-order valence-corrected chi connectivity index (χ0v) is 18.3. The van der Waals surface area contributed by atoms with E-state index >= 15 is 0 Å². The van der Waals surface area contributed by atoms with Crippen LogP contribution in [0.25, 0.3) is 0 Å². The lowest BCUT2D eigenvalue weighted by molar-refractivity contribution is -0.0999. The molecule has 2 aromatic carbocycles. The molecule has 3 atom stereocenters. The van der Waals surface area contributed by atoms with E-state index in [4.69, 9.17) is 23.7 Å². The van der Waals surface area contributed by atoms with Gasteiger partial charge in [-0.15, -0.1) is 0 Å². The third kappa shape index (κ3) is 5.08. The summed E-state index contributed by atoms with van der Waals surface area (Å²) in [5, 5.41) is 30.7. The van der Waals surface area contributed by atoms with E-state index < -0.39 is 6.10 Å². The van der Waals surface area contributed by atoms with Crippen LogP contribution in [0.5, 0.6) is 34.5 Å². The van der Waals surface area contributed by atoms with Gasteiger partial charge in [0, 0.05) is 6.42 Å². The Hall–Kier alpha value is -2.84. The summed E-state index contributed by atoms with van der Waals surface area (Å²) in [7, 11) is 5.92. The largest absolute Gasteiger partial charge is 0.502 e. The smallest absolute Gasteiger partial charge is 0.200 e. The molecule has 3 N–H and O–H groups in total. The van der Waals surface area contributed by atoms with Crippen LogP contribution < -0.4 is 18.9 Å². The van der Waals surface area contributed by atoms with Gasteiger partial charge >= 0.3 is 0 Å². The molecular formula is C23H30O8. The molecule has 1 saturated heterocycles. The molecular weight excluding hydrogens is 404 g/mol. The number of aryl methyl sites for hydroxylation is 1. The topological polar surface area (TPSA) is 107 Å². The zero-order valence-electron chi connectivity index (χ0n) is 18.3. The normalized spacial score (nSPS) is 20.9. The first-order valence-electron chi connectivity index (χ1n) is 10.1. The number of phenolic OH excluding ortho intramolecular Hbond substituents is 2. The van der Waals surface area contributed by atoms with Gasteiger partial charge in [0.2, 0.25) is 11.5 Å². The average Bonchev–Trinajstić information content (AvgIpc) is 2.78. The minimum Gasteiger partial charge on any atom is -0.502 e. The first-order valence-corrected chi connectivity index (χ1v) is 10.1. The van der Waals surface area contributed by atoms with Gasteiger partial charge in [-0.1, -0.05) is 0 Å². The Balaban J connectivity index is 1.75. The molecule has 2 aromatic rings. The molecule has 3 rings (SSSR count). The molecule has 0 saturated carbocycles. The molecule has 1 fully saturated rings. The Bertz CT molecular complexity index is 847. The Morgan fingerprint density at radius 3 is 1.77 bits per heavy atom. The van der Waals surface area contributed by atoms with Gasteiger partial charge in [0.25, 0.3) is 0 Å². The second kappa shape index (κ2) is 9.98. The molecule has 31 heavy (non-hydrogen) atoms. The van der Waals surface area contributed by atoms with Gasteiger partial charge in [-0.3, -0.25) is 0 Å². The van der Waals surface area contributed by atoms with Crippen molar-refractivity contribution in [2.45, 2.75) is 44.0 Å². The highest BCUT2D eigenvalue weighted by Gasteiger charge is 2.30. The number of methoxy groups -OCH3 is 4. The van der Waals surface area contributed by atoms with Crippen molar-refractivity contribution in [1.29, 1.82) is 0 Å². The molecule has 0 radical (unpaired) electrons. The molecule has 0 amide bonds. The Morgan fingerprint density at radius 1 is 0.806 bits per heavy atom. The lowest BCUT2D eigenvalue weighted by Crippen LogP contribution is -2.31. The summed E-state index contributed by atoms with van der Waals surface area (Å²) in [4.78, 5) is 0. The van der Waals surface area contributed by atoms with Crippen molar-refractivity contribution in [2.75, 3.05) is 28.4 Å². The number of hydrogen-bond donors (Lipinski definition) is 3. The van der Waals surface area contributed by atoms with Crippen LogP contribution in [-0.4, -0.2) is 56.0 Å². The van der Waals surface area contributed by atoms with Crippen LogP contribution in [0.2, 0.25) is 0 Å². The van der Waals surface area contributed by atoms with Crippen molar-refractivity contribution >= 4 is 0 Å². The quantitative estimate of drug-likeness (QED) is 0.581. The Labute approximate surface area is 181 Å². The van der Waals surface area contributed by atoms with E-state index in [1.165, 1.54) is 28.4 Å². The minimum atomic E-state index is -0.515.